The van der Waals surface area contributed by atoms with Gasteiger partial charge in [-0.25, -0.2) is 4.79 Å². The molecule has 0 saturated carbocycles. The molecule has 8 heteroatoms. The molecule has 40 heavy (non-hydrogen) atoms. The van der Waals surface area contributed by atoms with Crippen LogP contribution in [0.25, 0.3) is 22.3 Å². The van der Waals surface area contributed by atoms with Crippen LogP contribution in [0.4, 0.5) is 18.0 Å². The van der Waals surface area contributed by atoms with E-state index in [-0.39, 0.29) is 6.54 Å². The molecule has 0 bridgehead atoms. The number of amides is 1. The fourth-order valence-electron chi connectivity index (χ4n) is 5.28. The van der Waals surface area contributed by atoms with Gasteiger partial charge < -0.3 is 9.47 Å². The summed E-state index contributed by atoms with van der Waals surface area (Å²) in [6.07, 6.45) is -2.48. The van der Waals surface area contributed by atoms with Gasteiger partial charge in [-0.1, -0.05) is 35.9 Å². The van der Waals surface area contributed by atoms with Gasteiger partial charge >= 0.3 is 12.3 Å². The zero-order chi connectivity index (χ0) is 28.6. The van der Waals surface area contributed by atoms with Crippen LogP contribution < -0.4 is 4.74 Å². The van der Waals surface area contributed by atoms with E-state index in [1.54, 1.807) is 24.5 Å². The highest BCUT2D eigenvalue weighted by Gasteiger charge is 2.40. The van der Waals surface area contributed by atoms with Gasteiger partial charge in [0.2, 0.25) is 0 Å². The van der Waals surface area contributed by atoms with Gasteiger partial charge in [-0.3, -0.25) is 9.88 Å². The van der Waals surface area contributed by atoms with Crippen molar-refractivity contribution in [3.8, 4) is 28.0 Å². The van der Waals surface area contributed by atoms with Gasteiger partial charge in [-0.05, 0) is 90.6 Å². The number of aromatic nitrogens is 1. The zero-order valence-electron chi connectivity index (χ0n) is 22.6. The molecule has 1 aliphatic rings. The number of carbonyl (C=O) groups excluding carboxylic acids is 1. The first-order valence-corrected chi connectivity index (χ1v) is 12.9. The predicted octanol–water partition coefficient (Wildman–Crippen LogP) is 8.14. The third-order valence-electron chi connectivity index (χ3n) is 7.38. The van der Waals surface area contributed by atoms with Crippen LogP contribution >= 0.6 is 0 Å². The SMILES string of the molecule is COc1ccc(-c2ccc(C)cc2C)cc1-c1ccc(C(F)(F)F)cc1CN1C(=O)OC(c2ccncc2)C1C. The average Bonchev–Trinajstić information content (AvgIpc) is 3.21. The van der Waals surface area contributed by atoms with Crippen LogP contribution in [0.2, 0.25) is 0 Å². The van der Waals surface area contributed by atoms with Gasteiger partial charge in [0, 0.05) is 18.0 Å². The van der Waals surface area contributed by atoms with Crippen molar-refractivity contribution < 1.29 is 27.4 Å². The molecule has 0 N–H and O–H groups in total. The molecule has 5 nitrogen and oxygen atoms in total. The maximum absolute atomic E-state index is 13.8. The molecule has 2 unspecified atom stereocenters. The number of nitrogens with zero attached hydrogens (tertiary/aromatic N) is 2. The molecule has 1 aromatic heterocycles. The molecular weight excluding hydrogens is 517 g/mol. The van der Waals surface area contributed by atoms with Crippen LogP contribution in [0.1, 0.15) is 40.8 Å². The van der Waals surface area contributed by atoms with Crippen LogP contribution in [-0.2, 0) is 17.5 Å². The lowest BCUT2D eigenvalue weighted by Gasteiger charge is -2.24. The smallest absolute Gasteiger partial charge is 0.416 e. The first-order valence-electron chi connectivity index (χ1n) is 12.9. The van der Waals surface area contributed by atoms with Crippen molar-refractivity contribution in [2.24, 2.45) is 0 Å². The minimum Gasteiger partial charge on any atom is -0.496 e. The molecule has 206 valence electrons. The largest absolute Gasteiger partial charge is 0.496 e. The summed E-state index contributed by atoms with van der Waals surface area (Å²) in [6.45, 7) is 5.80. The molecule has 1 saturated heterocycles. The normalized spacial score (nSPS) is 17.2. The second-order valence-electron chi connectivity index (χ2n) is 10.1. The monoisotopic (exact) mass is 546 g/mol. The summed E-state index contributed by atoms with van der Waals surface area (Å²) in [7, 11) is 1.53. The van der Waals surface area contributed by atoms with Crippen LogP contribution in [0, 0.1) is 13.8 Å². The Bertz CT molecular complexity index is 1550. The van der Waals surface area contributed by atoms with E-state index in [0.29, 0.717) is 22.4 Å². The summed E-state index contributed by atoms with van der Waals surface area (Å²) in [5.74, 6) is 0.515. The Hall–Kier alpha value is -4.33. The van der Waals surface area contributed by atoms with Crippen molar-refractivity contribution in [2.75, 3.05) is 7.11 Å². The molecule has 0 aliphatic carbocycles. The van der Waals surface area contributed by atoms with E-state index in [2.05, 4.69) is 11.1 Å². The number of ether oxygens (including phenoxy) is 2. The molecule has 2 atom stereocenters. The minimum absolute atomic E-state index is 0.0716. The molecule has 1 aliphatic heterocycles. The lowest BCUT2D eigenvalue weighted by molar-refractivity contribution is -0.137. The standard InChI is InChI=1S/C32H29F3N2O3/c1-19-5-8-26(20(2)15-19)23-6-10-29(39-4)28(17-23)27-9-7-25(32(33,34)35)16-24(27)18-37-21(3)30(40-31(37)38)22-11-13-36-14-12-22/h5-17,21,30H,18H2,1-4H3. The van der Waals surface area contributed by atoms with E-state index in [9.17, 15) is 18.0 Å². The summed E-state index contributed by atoms with van der Waals surface area (Å²) < 4.78 is 52.8. The van der Waals surface area contributed by atoms with E-state index in [1.165, 1.54) is 18.1 Å². The van der Waals surface area contributed by atoms with Gasteiger partial charge in [0.05, 0.1) is 25.3 Å². The third kappa shape index (κ3) is 5.26. The highest BCUT2D eigenvalue weighted by Crippen LogP contribution is 2.41. The van der Waals surface area contributed by atoms with Gasteiger partial charge in [0.25, 0.3) is 0 Å². The van der Waals surface area contributed by atoms with Gasteiger partial charge in [0.15, 0.2) is 0 Å². The maximum Gasteiger partial charge on any atom is 0.416 e. The van der Waals surface area contributed by atoms with Crippen molar-refractivity contribution in [3.05, 3.63) is 107 Å². The topological polar surface area (TPSA) is 51.7 Å². The number of hydrogen-bond donors (Lipinski definition) is 0. The fourth-order valence-corrected chi connectivity index (χ4v) is 5.28. The van der Waals surface area contributed by atoms with Crippen molar-refractivity contribution >= 4 is 6.09 Å². The van der Waals surface area contributed by atoms with Gasteiger partial charge in [-0.2, -0.15) is 13.2 Å². The van der Waals surface area contributed by atoms with E-state index < -0.39 is 30.0 Å². The molecular formula is C32H29F3N2O3. The zero-order valence-corrected chi connectivity index (χ0v) is 22.6. The van der Waals surface area contributed by atoms with Gasteiger partial charge in [0.1, 0.15) is 11.9 Å². The molecule has 0 radical (unpaired) electrons. The number of rotatable bonds is 6. The number of alkyl halides is 3. The fraction of sp³-hybridized carbons (Fsp3) is 0.250. The summed E-state index contributed by atoms with van der Waals surface area (Å²) in [5.41, 5.74) is 5.64. The molecule has 0 spiro atoms. The highest BCUT2D eigenvalue weighted by atomic mass is 19.4. The Morgan fingerprint density at radius 3 is 2.33 bits per heavy atom. The van der Waals surface area contributed by atoms with E-state index >= 15 is 0 Å². The Balaban J connectivity index is 1.60. The number of halogens is 3. The lowest BCUT2D eigenvalue weighted by atomic mass is 9.91. The van der Waals surface area contributed by atoms with Crippen molar-refractivity contribution in [3.63, 3.8) is 0 Å². The van der Waals surface area contributed by atoms with E-state index in [4.69, 9.17) is 9.47 Å². The quantitative estimate of drug-likeness (QED) is 0.245. The van der Waals surface area contributed by atoms with E-state index in [1.807, 2.05) is 51.1 Å². The van der Waals surface area contributed by atoms with Crippen molar-refractivity contribution in [2.45, 2.75) is 45.6 Å². The predicted molar refractivity (Wildman–Crippen MR) is 147 cm³/mol. The summed E-state index contributed by atoms with van der Waals surface area (Å²) in [6, 6.07) is 18.5. The summed E-state index contributed by atoms with van der Waals surface area (Å²) in [5, 5.41) is 0. The van der Waals surface area contributed by atoms with Crippen LogP contribution in [0.15, 0.2) is 79.1 Å². The second kappa shape index (κ2) is 10.7. The second-order valence-corrected chi connectivity index (χ2v) is 10.1. The number of cyclic esters (lactones) is 1. The third-order valence-corrected chi connectivity index (χ3v) is 7.38. The van der Waals surface area contributed by atoms with Crippen LogP contribution in [0.5, 0.6) is 5.75 Å². The molecule has 2 heterocycles. The number of aryl methyl sites for hydroxylation is 2. The number of pyridine rings is 1. The first-order chi connectivity index (χ1) is 19.1. The van der Waals surface area contributed by atoms with Crippen LogP contribution in [-0.4, -0.2) is 29.1 Å². The highest BCUT2D eigenvalue weighted by molar-refractivity contribution is 5.81. The van der Waals surface area contributed by atoms with E-state index in [0.717, 1.165) is 39.9 Å². The molecule has 4 aromatic rings. The van der Waals surface area contributed by atoms with Crippen LogP contribution in [0.3, 0.4) is 0 Å². The Labute approximate surface area is 231 Å². The minimum atomic E-state index is -4.55. The average molecular weight is 547 g/mol. The number of carbonyl (C=O) groups is 1. The number of benzene rings is 3. The molecule has 3 aromatic carbocycles. The van der Waals surface area contributed by atoms with Gasteiger partial charge in [-0.15, -0.1) is 0 Å². The van der Waals surface area contributed by atoms with Crippen molar-refractivity contribution in [1.82, 2.24) is 9.88 Å². The molecule has 5 rings (SSSR count). The number of hydrogen-bond acceptors (Lipinski definition) is 4. The maximum atomic E-state index is 13.8. The molecule has 1 amide bonds. The Morgan fingerprint density at radius 1 is 0.925 bits per heavy atom. The summed E-state index contributed by atoms with van der Waals surface area (Å²) in [4.78, 5) is 18.4. The first kappa shape index (κ1) is 27.2. The summed E-state index contributed by atoms with van der Waals surface area (Å²) >= 11 is 0. The number of methoxy groups -OCH3 is 1. The Morgan fingerprint density at radius 2 is 1.65 bits per heavy atom. The van der Waals surface area contributed by atoms with Crippen molar-refractivity contribution in [1.29, 1.82) is 0 Å². The lowest BCUT2D eigenvalue weighted by Crippen LogP contribution is -2.31. The Kier molecular flexibility index (Phi) is 7.27. The molecule has 1 fully saturated rings.